The van der Waals surface area contributed by atoms with Gasteiger partial charge in [0.25, 0.3) is 0 Å². The summed E-state index contributed by atoms with van der Waals surface area (Å²) < 4.78 is 4.47. The number of carbonyl (C=O) groups is 3. The number of methoxy groups -OCH3 is 1. The molecular formula is C16H20N2O4. The van der Waals surface area contributed by atoms with Gasteiger partial charge in [0.2, 0.25) is 11.8 Å². The van der Waals surface area contributed by atoms with Gasteiger partial charge in [-0.1, -0.05) is 25.1 Å². The molecule has 22 heavy (non-hydrogen) atoms. The van der Waals surface area contributed by atoms with E-state index in [0.29, 0.717) is 6.54 Å². The third-order valence-electron chi connectivity index (χ3n) is 3.79. The SMILES string of the molecule is CCc1ccccc1N1CC(C(=O)NCC(=O)OC)CC1=O. The second-order valence-electron chi connectivity index (χ2n) is 5.18. The first-order valence-corrected chi connectivity index (χ1v) is 7.29. The second kappa shape index (κ2) is 7.06. The topological polar surface area (TPSA) is 75.7 Å². The summed E-state index contributed by atoms with van der Waals surface area (Å²) in [7, 11) is 1.26. The highest BCUT2D eigenvalue weighted by atomic mass is 16.5. The zero-order chi connectivity index (χ0) is 16.1. The van der Waals surface area contributed by atoms with Crippen molar-refractivity contribution in [3.8, 4) is 0 Å². The van der Waals surface area contributed by atoms with Gasteiger partial charge in [0.15, 0.2) is 0 Å². The molecule has 6 nitrogen and oxygen atoms in total. The van der Waals surface area contributed by atoms with E-state index in [4.69, 9.17) is 0 Å². The molecule has 118 valence electrons. The fourth-order valence-electron chi connectivity index (χ4n) is 2.56. The van der Waals surface area contributed by atoms with Gasteiger partial charge < -0.3 is 15.0 Å². The molecule has 0 bridgehead atoms. The number of nitrogens with one attached hydrogen (secondary N) is 1. The van der Waals surface area contributed by atoms with Gasteiger partial charge in [-0.15, -0.1) is 0 Å². The van der Waals surface area contributed by atoms with Crippen LogP contribution in [0.15, 0.2) is 24.3 Å². The summed E-state index contributed by atoms with van der Waals surface area (Å²) in [5, 5.41) is 2.50. The molecule has 1 aliphatic heterocycles. The predicted molar refractivity (Wildman–Crippen MR) is 81.3 cm³/mol. The lowest BCUT2D eigenvalue weighted by Gasteiger charge is -2.19. The van der Waals surface area contributed by atoms with Gasteiger partial charge in [0.1, 0.15) is 6.54 Å². The summed E-state index contributed by atoms with van der Waals surface area (Å²) in [6, 6.07) is 7.69. The summed E-state index contributed by atoms with van der Waals surface area (Å²) >= 11 is 0. The van der Waals surface area contributed by atoms with Gasteiger partial charge in [-0.05, 0) is 18.1 Å². The fraction of sp³-hybridized carbons (Fsp3) is 0.438. The fourth-order valence-corrected chi connectivity index (χ4v) is 2.56. The highest BCUT2D eigenvalue weighted by Gasteiger charge is 2.35. The Kier molecular flexibility index (Phi) is 5.14. The molecule has 1 aliphatic rings. The number of benzene rings is 1. The number of aryl methyl sites for hydroxylation is 1. The van der Waals surface area contributed by atoms with Gasteiger partial charge in [0.05, 0.1) is 13.0 Å². The molecule has 1 N–H and O–H groups in total. The first-order chi connectivity index (χ1) is 10.6. The average molecular weight is 304 g/mol. The third-order valence-corrected chi connectivity index (χ3v) is 3.79. The Balaban J connectivity index is 2.04. The molecule has 0 aromatic heterocycles. The van der Waals surface area contributed by atoms with Crippen molar-refractivity contribution in [3.05, 3.63) is 29.8 Å². The quantitative estimate of drug-likeness (QED) is 0.820. The number of ether oxygens (including phenoxy) is 1. The molecule has 1 heterocycles. The lowest BCUT2D eigenvalue weighted by Crippen LogP contribution is -2.36. The molecule has 0 spiro atoms. The monoisotopic (exact) mass is 304 g/mol. The summed E-state index contributed by atoms with van der Waals surface area (Å²) in [5.41, 5.74) is 1.93. The van der Waals surface area contributed by atoms with Crippen molar-refractivity contribution >= 4 is 23.5 Å². The van der Waals surface area contributed by atoms with E-state index in [2.05, 4.69) is 10.1 Å². The van der Waals surface area contributed by atoms with E-state index < -0.39 is 11.9 Å². The maximum atomic E-state index is 12.2. The Hall–Kier alpha value is -2.37. The van der Waals surface area contributed by atoms with Crippen LogP contribution >= 0.6 is 0 Å². The van der Waals surface area contributed by atoms with Gasteiger partial charge in [-0.3, -0.25) is 14.4 Å². The number of amides is 2. The number of para-hydroxylation sites is 1. The van der Waals surface area contributed by atoms with E-state index >= 15 is 0 Å². The molecule has 0 radical (unpaired) electrons. The van der Waals surface area contributed by atoms with Gasteiger partial charge in [-0.2, -0.15) is 0 Å². The smallest absolute Gasteiger partial charge is 0.325 e. The molecule has 2 rings (SSSR count). The third kappa shape index (κ3) is 3.44. The van der Waals surface area contributed by atoms with Crippen LogP contribution in [-0.4, -0.2) is 38.0 Å². The summed E-state index contributed by atoms with van der Waals surface area (Å²) in [4.78, 5) is 37.0. The van der Waals surface area contributed by atoms with E-state index in [0.717, 1.165) is 17.7 Å². The van der Waals surface area contributed by atoms with E-state index in [-0.39, 0.29) is 24.8 Å². The van der Waals surface area contributed by atoms with E-state index in [1.54, 1.807) is 4.90 Å². The minimum atomic E-state index is -0.508. The van der Waals surface area contributed by atoms with Crippen LogP contribution in [0, 0.1) is 5.92 Å². The lowest BCUT2D eigenvalue weighted by atomic mass is 10.1. The van der Waals surface area contributed by atoms with Crippen molar-refractivity contribution in [1.82, 2.24) is 5.32 Å². The van der Waals surface area contributed by atoms with E-state index in [1.165, 1.54) is 7.11 Å². The number of esters is 1. The molecular weight excluding hydrogens is 284 g/mol. The Bertz CT molecular complexity index is 585. The van der Waals surface area contributed by atoms with Crippen LogP contribution in [0.2, 0.25) is 0 Å². The van der Waals surface area contributed by atoms with Crippen LogP contribution in [0.5, 0.6) is 0 Å². The van der Waals surface area contributed by atoms with Gasteiger partial charge in [-0.25, -0.2) is 0 Å². The predicted octanol–water partition coefficient (Wildman–Crippen LogP) is 0.891. The number of rotatable bonds is 5. The Labute approximate surface area is 129 Å². The van der Waals surface area contributed by atoms with Crippen molar-refractivity contribution in [2.24, 2.45) is 5.92 Å². The van der Waals surface area contributed by atoms with Crippen LogP contribution in [0.25, 0.3) is 0 Å². The Morgan fingerprint density at radius 2 is 2.09 bits per heavy atom. The minimum absolute atomic E-state index is 0.0703. The highest BCUT2D eigenvalue weighted by molar-refractivity contribution is 6.01. The molecule has 6 heteroatoms. The summed E-state index contributed by atoms with van der Waals surface area (Å²) in [6.45, 7) is 2.19. The Morgan fingerprint density at radius 1 is 1.36 bits per heavy atom. The summed E-state index contributed by atoms with van der Waals surface area (Å²) in [6.07, 6.45) is 0.976. The molecule has 1 fully saturated rings. The Morgan fingerprint density at radius 3 is 2.77 bits per heavy atom. The van der Waals surface area contributed by atoms with Crippen LogP contribution in [0.3, 0.4) is 0 Å². The minimum Gasteiger partial charge on any atom is -0.468 e. The average Bonchev–Trinajstić information content (AvgIpc) is 2.93. The van der Waals surface area contributed by atoms with Crippen LogP contribution in [0.1, 0.15) is 18.9 Å². The van der Waals surface area contributed by atoms with Gasteiger partial charge in [0, 0.05) is 18.7 Å². The molecule has 1 saturated heterocycles. The number of nitrogens with zero attached hydrogens (tertiary/aromatic N) is 1. The molecule has 2 amide bonds. The van der Waals surface area contributed by atoms with Crippen molar-refractivity contribution < 1.29 is 19.1 Å². The van der Waals surface area contributed by atoms with Crippen molar-refractivity contribution in [2.75, 3.05) is 25.1 Å². The normalized spacial score (nSPS) is 17.5. The molecule has 1 aromatic rings. The standard InChI is InChI=1S/C16H20N2O4/c1-3-11-6-4-5-7-13(11)18-10-12(8-14(18)19)16(21)17-9-15(20)22-2/h4-7,12H,3,8-10H2,1-2H3,(H,17,21). The molecule has 1 unspecified atom stereocenters. The zero-order valence-corrected chi connectivity index (χ0v) is 12.8. The molecule has 0 saturated carbocycles. The molecule has 1 aromatic carbocycles. The van der Waals surface area contributed by atoms with Crippen LogP contribution in [-0.2, 0) is 25.5 Å². The largest absolute Gasteiger partial charge is 0.468 e. The number of carbonyl (C=O) groups excluding carboxylic acids is 3. The summed E-state index contributed by atoms with van der Waals surface area (Å²) in [5.74, 6) is -1.32. The van der Waals surface area contributed by atoms with E-state index in [9.17, 15) is 14.4 Å². The number of hydrogen-bond donors (Lipinski definition) is 1. The van der Waals surface area contributed by atoms with Crippen molar-refractivity contribution in [2.45, 2.75) is 19.8 Å². The zero-order valence-electron chi connectivity index (χ0n) is 12.8. The number of anilines is 1. The van der Waals surface area contributed by atoms with Crippen molar-refractivity contribution in [1.29, 1.82) is 0 Å². The second-order valence-corrected chi connectivity index (χ2v) is 5.18. The maximum absolute atomic E-state index is 12.2. The first-order valence-electron chi connectivity index (χ1n) is 7.29. The van der Waals surface area contributed by atoms with Gasteiger partial charge >= 0.3 is 5.97 Å². The van der Waals surface area contributed by atoms with Crippen LogP contribution in [0.4, 0.5) is 5.69 Å². The lowest BCUT2D eigenvalue weighted by molar-refractivity contribution is -0.141. The van der Waals surface area contributed by atoms with Crippen LogP contribution < -0.4 is 10.2 Å². The molecule has 1 atom stereocenters. The highest BCUT2D eigenvalue weighted by Crippen LogP contribution is 2.28. The maximum Gasteiger partial charge on any atom is 0.325 e. The van der Waals surface area contributed by atoms with Crippen molar-refractivity contribution in [3.63, 3.8) is 0 Å². The first kappa shape index (κ1) is 16.0. The number of hydrogen-bond acceptors (Lipinski definition) is 4. The molecule has 0 aliphatic carbocycles. The van der Waals surface area contributed by atoms with E-state index in [1.807, 2.05) is 31.2 Å².